The van der Waals surface area contributed by atoms with Crippen LogP contribution in [0.25, 0.3) is 0 Å². The fourth-order valence-corrected chi connectivity index (χ4v) is 1.46. The third kappa shape index (κ3) is 5.02. The number of rotatable bonds is 6. The molecule has 0 radical (unpaired) electrons. The van der Waals surface area contributed by atoms with E-state index in [4.69, 9.17) is 0 Å². The van der Waals surface area contributed by atoms with Crippen LogP contribution in [-0.2, 0) is 0 Å². The molecule has 0 aliphatic carbocycles. The van der Waals surface area contributed by atoms with Gasteiger partial charge >= 0.3 is 0 Å². The van der Waals surface area contributed by atoms with E-state index in [2.05, 4.69) is 21.1 Å². The minimum Gasteiger partial charge on any atom is -0.278 e. The fourth-order valence-electron chi connectivity index (χ4n) is 1.46. The van der Waals surface area contributed by atoms with Gasteiger partial charge in [-0.1, -0.05) is 36.4 Å². The van der Waals surface area contributed by atoms with Crippen LogP contribution < -0.4 is 10.9 Å². The van der Waals surface area contributed by atoms with Crippen LogP contribution in [0.1, 0.15) is 0 Å². The highest BCUT2D eigenvalue weighted by molar-refractivity contribution is 6.32. The lowest BCUT2D eigenvalue weighted by Crippen LogP contribution is -2.15. The predicted octanol–water partition coefficient (Wildman–Crippen LogP) is 3.82. The topological polar surface area (TPSA) is 48.8 Å². The molecule has 0 fully saturated rings. The predicted molar refractivity (Wildman–Crippen MR) is 82.1 cm³/mol. The highest BCUT2D eigenvalue weighted by Gasteiger charge is 2.10. The Labute approximate surface area is 121 Å². The first-order valence-corrected chi connectivity index (χ1v) is 6.26. The van der Waals surface area contributed by atoms with Gasteiger partial charge in [-0.25, -0.2) is 8.78 Å². The van der Waals surface area contributed by atoms with E-state index in [1.54, 1.807) is 36.4 Å². The molecule has 2 N–H and O–H groups in total. The van der Waals surface area contributed by atoms with E-state index < -0.39 is 12.1 Å². The summed E-state index contributed by atoms with van der Waals surface area (Å²) in [6, 6.07) is 17.9. The van der Waals surface area contributed by atoms with E-state index in [1.807, 2.05) is 24.3 Å². The van der Waals surface area contributed by atoms with Crippen LogP contribution in [-0.4, -0.2) is 18.4 Å². The van der Waals surface area contributed by atoms with E-state index >= 15 is 0 Å². The van der Waals surface area contributed by atoms with Gasteiger partial charge in [0.15, 0.2) is 0 Å². The van der Waals surface area contributed by atoms with Gasteiger partial charge in [0.25, 0.3) is 6.43 Å². The zero-order valence-electron chi connectivity index (χ0n) is 11.1. The first-order valence-electron chi connectivity index (χ1n) is 6.26. The molecule has 0 bridgehead atoms. The van der Waals surface area contributed by atoms with Crippen molar-refractivity contribution in [2.45, 2.75) is 6.43 Å². The second-order valence-electron chi connectivity index (χ2n) is 4.05. The third-order valence-electron chi connectivity index (χ3n) is 2.48. The molecule has 108 valence electrons. The van der Waals surface area contributed by atoms with Crippen molar-refractivity contribution >= 4 is 23.3 Å². The van der Waals surface area contributed by atoms with Gasteiger partial charge in [-0.2, -0.15) is 10.2 Å². The van der Waals surface area contributed by atoms with Crippen LogP contribution in [0.2, 0.25) is 0 Å². The smallest absolute Gasteiger partial charge is 0.278 e. The molecule has 0 unspecified atom stereocenters. The van der Waals surface area contributed by atoms with Gasteiger partial charge in [-0.05, 0) is 24.3 Å². The zero-order chi connectivity index (χ0) is 14.9. The summed E-state index contributed by atoms with van der Waals surface area (Å²) in [4.78, 5) is 0. The van der Waals surface area contributed by atoms with Gasteiger partial charge < -0.3 is 0 Å². The van der Waals surface area contributed by atoms with E-state index in [-0.39, 0.29) is 0 Å². The second kappa shape index (κ2) is 7.74. The van der Waals surface area contributed by atoms with Gasteiger partial charge in [0.1, 0.15) is 5.71 Å². The quantitative estimate of drug-likeness (QED) is 0.627. The number of hydrazone groups is 2. The monoisotopic (exact) mass is 288 g/mol. The zero-order valence-corrected chi connectivity index (χ0v) is 11.1. The van der Waals surface area contributed by atoms with Crippen LogP contribution >= 0.6 is 0 Å². The third-order valence-corrected chi connectivity index (χ3v) is 2.48. The van der Waals surface area contributed by atoms with Crippen molar-refractivity contribution in [3.8, 4) is 0 Å². The Hall–Kier alpha value is -2.76. The number of benzene rings is 2. The van der Waals surface area contributed by atoms with Crippen molar-refractivity contribution < 1.29 is 8.78 Å². The average Bonchev–Trinajstić information content (AvgIpc) is 2.52. The Morgan fingerprint density at radius 3 is 1.90 bits per heavy atom. The highest BCUT2D eigenvalue weighted by Crippen LogP contribution is 2.06. The van der Waals surface area contributed by atoms with Gasteiger partial charge in [-0.3, -0.25) is 10.9 Å². The number of para-hydroxylation sites is 2. The molecule has 0 saturated carbocycles. The standard InChI is InChI=1S/C15H14F2N4/c16-15(17)14(21-20-13-9-5-2-6-10-13)11-18-19-12-7-3-1-4-8-12/h1-11,15,19-20H. The largest absolute Gasteiger partial charge is 0.283 e. The number of anilines is 2. The molecular weight excluding hydrogens is 274 g/mol. The van der Waals surface area contributed by atoms with Crippen molar-refractivity contribution in [1.29, 1.82) is 0 Å². The van der Waals surface area contributed by atoms with Crippen molar-refractivity contribution in [2.24, 2.45) is 10.2 Å². The first-order chi connectivity index (χ1) is 10.3. The molecule has 2 rings (SSSR count). The molecule has 0 aliphatic heterocycles. The lowest BCUT2D eigenvalue weighted by molar-refractivity contribution is 0.228. The maximum Gasteiger partial charge on any atom is 0.283 e. The van der Waals surface area contributed by atoms with E-state index in [9.17, 15) is 8.78 Å². The van der Waals surface area contributed by atoms with Gasteiger partial charge in [0.05, 0.1) is 17.6 Å². The number of alkyl halides is 2. The summed E-state index contributed by atoms with van der Waals surface area (Å²) < 4.78 is 25.7. The van der Waals surface area contributed by atoms with Gasteiger partial charge in [0, 0.05) is 0 Å². The van der Waals surface area contributed by atoms with Crippen molar-refractivity contribution in [3.63, 3.8) is 0 Å². The summed E-state index contributed by atoms with van der Waals surface area (Å²) in [6.45, 7) is 0. The Morgan fingerprint density at radius 1 is 0.857 bits per heavy atom. The molecular formula is C15H14F2N4. The average molecular weight is 288 g/mol. The second-order valence-corrected chi connectivity index (χ2v) is 4.05. The molecule has 6 heteroatoms. The van der Waals surface area contributed by atoms with Crippen molar-refractivity contribution in [1.82, 2.24) is 0 Å². The van der Waals surface area contributed by atoms with E-state index in [1.165, 1.54) is 0 Å². The summed E-state index contributed by atoms with van der Waals surface area (Å²) in [6.07, 6.45) is -1.73. The molecule has 2 aromatic carbocycles. The molecule has 4 nitrogen and oxygen atoms in total. The number of halogens is 2. The SMILES string of the molecule is FC(F)C(C=NNc1ccccc1)=NNc1ccccc1. The van der Waals surface area contributed by atoms with Crippen molar-refractivity contribution in [2.75, 3.05) is 10.9 Å². The molecule has 0 saturated heterocycles. The Kier molecular flexibility index (Phi) is 5.40. The summed E-state index contributed by atoms with van der Waals surface area (Å²) in [5.74, 6) is 0. The van der Waals surface area contributed by atoms with Crippen LogP contribution in [0.3, 0.4) is 0 Å². The van der Waals surface area contributed by atoms with Crippen LogP contribution in [0.5, 0.6) is 0 Å². The molecule has 0 aromatic heterocycles. The lowest BCUT2D eigenvalue weighted by Gasteiger charge is -2.03. The van der Waals surface area contributed by atoms with Crippen molar-refractivity contribution in [3.05, 3.63) is 60.7 Å². The molecule has 0 spiro atoms. The lowest BCUT2D eigenvalue weighted by atomic mass is 10.3. The molecule has 2 aromatic rings. The van der Waals surface area contributed by atoms with Crippen LogP contribution in [0, 0.1) is 0 Å². The maximum atomic E-state index is 12.8. The Morgan fingerprint density at radius 2 is 1.38 bits per heavy atom. The van der Waals surface area contributed by atoms with Crippen LogP contribution in [0.15, 0.2) is 70.9 Å². The maximum absolute atomic E-state index is 12.8. The van der Waals surface area contributed by atoms with Gasteiger partial charge in [-0.15, -0.1) is 0 Å². The van der Waals surface area contributed by atoms with E-state index in [0.29, 0.717) is 11.4 Å². The summed E-state index contributed by atoms with van der Waals surface area (Å²) in [5, 5.41) is 7.40. The van der Waals surface area contributed by atoms with Crippen LogP contribution in [0.4, 0.5) is 20.2 Å². The minimum absolute atomic E-state index is 0.456. The number of nitrogens with zero attached hydrogens (tertiary/aromatic N) is 2. The summed E-state index contributed by atoms with van der Waals surface area (Å²) >= 11 is 0. The normalized spacial score (nSPS) is 11.9. The fraction of sp³-hybridized carbons (Fsp3) is 0.0667. The number of hydrogen-bond acceptors (Lipinski definition) is 4. The molecule has 0 amide bonds. The summed E-state index contributed by atoms with van der Waals surface area (Å²) in [5.41, 5.74) is 6.10. The summed E-state index contributed by atoms with van der Waals surface area (Å²) in [7, 11) is 0. The first kappa shape index (κ1) is 14.6. The molecule has 0 heterocycles. The van der Waals surface area contributed by atoms with E-state index in [0.717, 1.165) is 6.21 Å². The highest BCUT2D eigenvalue weighted by atomic mass is 19.3. The van der Waals surface area contributed by atoms with Gasteiger partial charge in [0.2, 0.25) is 0 Å². The molecule has 21 heavy (non-hydrogen) atoms. The Bertz CT molecular complexity index is 598. The Balaban J connectivity index is 1.98. The molecule has 0 atom stereocenters. The number of nitrogens with one attached hydrogen (secondary N) is 2. The number of hydrogen-bond donors (Lipinski definition) is 2. The molecule has 0 aliphatic rings. The minimum atomic E-state index is -2.72.